The van der Waals surface area contributed by atoms with E-state index in [2.05, 4.69) is 10.3 Å². The van der Waals surface area contributed by atoms with Crippen molar-refractivity contribution >= 4 is 12.1 Å². The Morgan fingerprint density at radius 1 is 1.18 bits per heavy atom. The van der Waals surface area contributed by atoms with Crippen LogP contribution in [0.25, 0.3) is 0 Å². The molecule has 0 unspecified atom stereocenters. The zero-order valence-corrected chi connectivity index (χ0v) is 15.1. The van der Waals surface area contributed by atoms with Gasteiger partial charge in [-0.05, 0) is 35.7 Å². The van der Waals surface area contributed by atoms with Gasteiger partial charge in [0.15, 0.2) is 0 Å². The summed E-state index contributed by atoms with van der Waals surface area (Å²) in [5.74, 6) is -0.700. The van der Waals surface area contributed by atoms with E-state index in [1.54, 1.807) is 42.7 Å². The summed E-state index contributed by atoms with van der Waals surface area (Å²) in [6.07, 6.45) is 6.22. The molecule has 0 aliphatic heterocycles. The van der Waals surface area contributed by atoms with Crippen LogP contribution in [-0.2, 0) is 13.0 Å². The number of rotatable bonds is 7. The number of carbonyl (C=O) groups excluding carboxylic acids is 1. The van der Waals surface area contributed by atoms with Crippen LogP contribution in [0, 0.1) is 11.2 Å². The molecule has 0 spiro atoms. The van der Waals surface area contributed by atoms with E-state index >= 15 is 0 Å². The van der Waals surface area contributed by atoms with Gasteiger partial charge in [0.25, 0.3) is 11.5 Å². The maximum absolute atomic E-state index is 14.5. The van der Waals surface area contributed by atoms with Gasteiger partial charge in [0.2, 0.25) is 0 Å². The molecule has 7 heteroatoms. The van der Waals surface area contributed by atoms with Gasteiger partial charge in [-0.15, -0.1) is 0 Å². The molecule has 142 valence electrons. The number of carbonyl (C=O) groups is 1. The van der Waals surface area contributed by atoms with E-state index in [0.717, 1.165) is 17.3 Å². The molecule has 0 bridgehead atoms. The molecule has 0 saturated carbocycles. The minimum Gasteiger partial charge on any atom is -0.347 e. The first-order chi connectivity index (χ1) is 13.6. The standard InChI is InChI=1S/C21H19FN4O2/c22-19-11-15(4-5-17(19)14-26-8-2-1-3-20(26)27)9-16-10-18(13-24-12-16)21(28)25-7-6-23/h1-6,8,10-13,23H,7,9,14H2,(H,25,28). The zero-order chi connectivity index (χ0) is 19.9. The lowest BCUT2D eigenvalue weighted by Crippen LogP contribution is -2.25. The van der Waals surface area contributed by atoms with Crippen LogP contribution >= 0.6 is 0 Å². The van der Waals surface area contributed by atoms with Crippen molar-refractivity contribution in [2.24, 2.45) is 0 Å². The number of pyridine rings is 2. The van der Waals surface area contributed by atoms with Crippen LogP contribution in [-0.4, -0.2) is 28.2 Å². The number of nitrogens with zero attached hydrogens (tertiary/aromatic N) is 2. The molecular weight excluding hydrogens is 359 g/mol. The molecule has 0 saturated heterocycles. The molecule has 28 heavy (non-hydrogen) atoms. The SMILES string of the molecule is N=CCNC(=O)c1cncc(Cc2ccc(Cn3ccccc3=O)c(F)c2)c1. The number of aromatic nitrogens is 2. The molecule has 2 N–H and O–H groups in total. The fourth-order valence-corrected chi connectivity index (χ4v) is 2.79. The molecule has 2 heterocycles. The topological polar surface area (TPSA) is 87.8 Å². The molecule has 6 nitrogen and oxygen atoms in total. The summed E-state index contributed by atoms with van der Waals surface area (Å²) in [5.41, 5.74) is 2.14. The minimum atomic E-state index is -0.388. The number of hydrogen-bond donors (Lipinski definition) is 2. The van der Waals surface area contributed by atoms with Crippen LogP contribution in [0.1, 0.15) is 27.0 Å². The molecule has 0 aliphatic rings. The van der Waals surface area contributed by atoms with Gasteiger partial charge >= 0.3 is 0 Å². The maximum Gasteiger partial charge on any atom is 0.253 e. The van der Waals surface area contributed by atoms with Crippen LogP contribution in [0.2, 0.25) is 0 Å². The monoisotopic (exact) mass is 378 g/mol. The summed E-state index contributed by atoms with van der Waals surface area (Å²) in [4.78, 5) is 27.8. The third-order valence-electron chi connectivity index (χ3n) is 4.19. The number of nitrogens with one attached hydrogen (secondary N) is 2. The third kappa shape index (κ3) is 4.76. The molecule has 3 aromatic rings. The normalized spacial score (nSPS) is 10.5. The summed E-state index contributed by atoms with van der Waals surface area (Å²) in [6, 6.07) is 11.4. The Morgan fingerprint density at radius 3 is 2.79 bits per heavy atom. The fraction of sp³-hybridized carbons (Fsp3) is 0.143. The number of halogens is 1. The summed E-state index contributed by atoms with van der Waals surface area (Å²) < 4.78 is 15.9. The second-order valence-electron chi connectivity index (χ2n) is 6.27. The van der Waals surface area contributed by atoms with Crippen LogP contribution in [0.5, 0.6) is 0 Å². The molecule has 0 aliphatic carbocycles. The molecule has 2 aromatic heterocycles. The summed E-state index contributed by atoms with van der Waals surface area (Å²) >= 11 is 0. The summed E-state index contributed by atoms with van der Waals surface area (Å²) in [6.45, 7) is 0.316. The van der Waals surface area contributed by atoms with Crippen molar-refractivity contribution in [3.05, 3.63) is 99.5 Å². The number of amides is 1. The lowest BCUT2D eigenvalue weighted by Gasteiger charge is -2.09. The second kappa shape index (κ2) is 8.85. The molecular formula is C21H19FN4O2. The smallest absolute Gasteiger partial charge is 0.253 e. The lowest BCUT2D eigenvalue weighted by atomic mass is 10.0. The summed E-state index contributed by atoms with van der Waals surface area (Å²) in [7, 11) is 0. The van der Waals surface area contributed by atoms with Gasteiger partial charge in [0, 0.05) is 36.4 Å². The van der Waals surface area contributed by atoms with Gasteiger partial charge in [-0.2, -0.15) is 0 Å². The average Bonchev–Trinajstić information content (AvgIpc) is 2.70. The second-order valence-corrected chi connectivity index (χ2v) is 6.27. The maximum atomic E-state index is 14.5. The van der Waals surface area contributed by atoms with E-state index in [1.165, 1.54) is 22.9 Å². The lowest BCUT2D eigenvalue weighted by molar-refractivity contribution is 0.0959. The first kappa shape index (κ1) is 19.2. The molecule has 0 atom stereocenters. The Morgan fingerprint density at radius 2 is 2.04 bits per heavy atom. The highest BCUT2D eigenvalue weighted by molar-refractivity contribution is 5.95. The van der Waals surface area contributed by atoms with E-state index in [0.29, 0.717) is 17.5 Å². The van der Waals surface area contributed by atoms with E-state index in [4.69, 9.17) is 5.41 Å². The Labute approximate surface area is 161 Å². The van der Waals surface area contributed by atoms with Crippen LogP contribution in [0.15, 0.2) is 65.8 Å². The van der Waals surface area contributed by atoms with Crippen molar-refractivity contribution in [2.75, 3.05) is 6.54 Å². The van der Waals surface area contributed by atoms with E-state index in [-0.39, 0.29) is 30.4 Å². The minimum absolute atomic E-state index is 0.153. The third-order valence-corrected chi connectivity index (χ3v) is 4.19. The fourth-order valence-electron chi connectivity index (χ4n) is 2.79. The molecule has 1 amide bonds. The Balaban J connectivity index is 1.74. The van der Waals surface area contributed by atoms with E-state index in [9.17, 15) is 14.0 Å². The average molecular weight is 378 g/mol. The Hall–Kier alpha value is -3.61. The van der Waals surface area contributed by atoms with Crippen molar-refractivity contribution in [2.45, 2.75) is 13.0 Å². The molecule has 1 aromatic carbocycles. The van der Waals surface area contributed by atoms with Crippen LogP contribution < -0.4 is 10.9 Å². The van der Waals surface area contributed by atoms with Gasteiger partial charge < -0.3 is 15.3 Å². The highest BCUT2D eigenvalue weighted by atomic mass is 19.1. The Bertz CT molecular complexity index is 1060. The first-order valence-corrected chi connectivity index (χ1v) is 8.70. The highest BCUT2D eigenvalue weighted by Gasteiger charge is 2.09. The molecule has 0 fully saturated rings. The van der Waals surface area contributed by atoms with Gasteiger partial charge in [0.05, 0.1) is 18.7 Å². The van der Waals surface area contributed by atoms with Crippen molar-refractivity contribution in [1.29, 1.82) is 5.41 Å². The van der Waals surface area contributed by atoms with Crippen LogP contribution in [0.4, 0.5) is 4.39 Å². The van der Waals surface area contributed by atoms with Gasteiger partial charge in [-0.25, -0.2) is 4.39 Å². The predicted molar refractivity (Wildman–Crippen MR) is 104 cm³/mol. The molecule has 0 radical (unpaired) electrons. The van der Waals surface area contributed by atoms with Crippen molar-refractivity contribution in [3.63, 3.8) is 0 Å². The van der Waals surface area contributed by atoms with E-state index < -0.39 is 0 Å². The first-order valence-electron chi connectivity index (χ1n) is 8.70. The van der Waals surface area contributed by atoms with Crippen molar-refractivity contribution in [1.82, 2.24) is 14.9 Å². The van der Waals surface area contributed by atoms with E-state index in [1.807, 2.05) is 0 Å². The predicted octanol–water partition coefficient (Wildman–Crippen LogP) is 2.40. The van der Waals surface area contributed by atoms with Crippen molar-refractivity contribution < 1.29 is 9.18 Å². The van der Waals surface area contributed by atoms with Crippen molar-refractivity contribution in [3.8, 4) is 0 Å². The number of benzene rings is 1. The number of hydrogen-bond acceptors (Lipinski definition) is 4. The Kier molecular flexibility index (Phi) is 6.06. The van der Waals surface area contributed by atoms with Crippen LogP contribution in [0.3, 0.4) is 0 Å². The zero-order valence-electron chi connectivity index (χ0n) is 15.1. The van der Waals surface area contributed by atoms with Gasteiger partial charge in [-0.3, -0.25) is 14.6 Å². The summed E-state index contributed by atoms with van der Waals surface area (Å²) in [5, 5.41) is 9.53. The van der Waals surface area contributed by atoms with Gasteiger partial charge in [0.1, 0.15) is 5.82 Å². The quantitative estimate of drug-likeness (QED) is 0.619. The largest absolute Gasteiger partial charge is 0.347 e. The van der Waals surface area contributed by atoms with Gasteiger partial charge in [-0.1, -0.05) is 18.2 Å². The molecule has 3 rings (SSSR count). The highest BCUT2D eigenvalue weighted by Crippen LogP contribution is 2.15.